The van der Waals surface area contributed by atoms with Crippen molar-refractivity contribution in [2.75, 3.05) is 37.6 Å². The topological polar surface area (TPSA) is 45.4 Å². The first-order valence-electron chi connectivity index (χ1n) is 7.47. The monoisotopic (exact) mass is 340 g/mol. The molecule has 0 saturated carbocycles. The van der Waals surface area contributed by atoms with Crippen LogP contribution in [0.4, 0.5) is 5.82 Å². The minimum Gasteiger partial charge on any atom is -0.354 e. The molecule has 2 N–H and O–H groups in total. The maximum absolute atomic E-state index is 5.90. The minimum absolute atomic E-state index is 0.543. The smallest absolute Gasteiger partial charge is 0.128 e. The number of aryl methyl sites for hydroxylation is 1. The molecule has 0 amide bonds. The molecule has 2 heterocycles. The average Bonchev–Trinajstić information content (AvgIpc) is 2.48. The van der Waals surface area contributed by atoms with Gasteiger partial charge in [0.1, 0.15) is 5.82 Å². The number of rotatable bonds is 5. The zero-order valence-corrected chi connectivity index (χ0v) is 14.1. The van der Waals surface area contributed by atoms with E-state index in [0.717, 1.165) is 43.0 Å². The first-order chi connectivity index (χ1) is 9.65. The van der Waals surface area contributed by atoms with Gasteiger partial charge in [0.25, 0.3) is 0 Å². The fraction of sp³-hybridized carbons (Fsp3) is 0.667. The number of hydrogen-bond donors (Lipinski definition) is 1. The molecule has 0 bridgehead atoms. The van der Waals surface area contributed by atoms with Crippen molar-refractivity contribution >= 4 is 21.7 Å². The average molecular weight is 341 g/mol. The molecule has 1 unspecified atom stereocenters. The van der Waals surface area contributed by atoms with Crippen molar-refractivity contribution in [1.29, 1.82) is 0 Å². The fourth-order valence-corrected chi connectivity index (χ4v) is 3.01. The number of piperazine rings is 1. The van der Waals surface area contributed by atoms with Gasteiger partial charge in [-0.1, -0.05) is 13.3 Å². The second-order valence-corrected chi connectivity index (χ2v) is 6.35. The number of aromatic nitrogens is 1. The Morgan fingerprint density at radius 1 is 1.35 bits per heavy atom. The van der Waals surface area contributed by atoms with E-state index in [9.17, 15) is 0 Å². The lowest BCUT2D eigenvalue weighted by molar-refractivity contribution is 0.179. The fourth-order valence-electron chi connectivity index (χ4n) is 2.80. The highest BCUT2D eigenvalue weighted by Crippen LogP contribution is 2.21. The molecular formula is C15H25BrN4. The zero-order valence-electron chi connectivity index (χ0n) is 12.5. The number of pyridine rings is 1. The Morgan fingerprint density at radius 2 is 2.05 bits per heavy atom. The van der Waals surface area contributed by atoms with Crippen molar-refractivity contribution in [3.8, 4) is 0 Å². The maximum atomic E-state index is 5.90. The Labute approximate surface area is 130 Å². The summed E-state index contributed by atoms with van der Waals surface area (Å²) < 4.78 is 1.08. The van der Waals surface area contributed by atoms with Gasteiger partial charge in [-0.25, -0.2) is 4.98 Å². The van der Waals surface area contributed by atoms with Crippen LogP contribution in [0.3, 0.4) is 0 Å². The van der Waals surface area contributed by atoms with Gasteiger partial charge in [-0.05, 0) is 40.9 Å². The zero-order chi connectivity index (χ0) is 14.5. The Hall–Kier alpha value is -0.650. The molecule has 0 aliphatic carbocycles. The van der Waals surface area contributed by atoms with Gasteiger partial charge in [-0.15, -0.1) is 0 Å². The van der Waals surface area contributed by atoms with Crippen molar-refractivity contribution in [3.63, 3.8) is 0 Å². The summed E-state index contributed by atoms with van der Waals surface area (Å²) >= 11 is 3.51. The first kappa shape index (κ1) is 15.7. The van der Waals surface area contributed by atoms with Gasteiger partial charge in [0.05, 0.1) is 0 Å². The van der Waals surface area contributed by atoms with Crippen LogP contribution in [0.25, 0.3) is 0 Å². The molecule has 1 fully saturated rings. The van der Waals surface area contributed by atoms with Gasteiger partial charge in [-0.2, -0.15) is 0 Å². The molecule has 2 rings (SSSR count). The van der Waals surface area contributed by atoms with Gasteiger partial charge in [0.15, 0.2) is 0 Å². The normalized spacial score (nSPS) is 18.3. The van der Waals surface area contributed by atoms with Crippen LogP contribution >= 0.6 is 15.9 Å². The van der Waals surface area contributed by atoms with Crippen LogP contribution in [-0.2, 0) is 0 Å². The summed E-state index contributed by atoms with van der Waals surface area (Å²) in [7, 11) is 0. The third kappa shape index (κ3) is 3.71. The quantitative estimate of drug-likeness (QED) is 0.893. The lowest BCUT2D eigenvalue weighted by Crippen LogP contribution is -2.52. The van der Waals surface area contributed by atoms with E-state index in [-0.39, 0.29) is 0 Å². The van der Waals surface area contributed by atoms with E-state index in [1.54, 1.807) is 0 Å². The predicted octanol–water partition coefficient (Wildman–Crippen LogP) is 2.40. The predicted molar refractivity (Wildman–Crippen MR) is 88.2 cm³/mol. The minimum atomic E-state index is 0.543. The van der Waals surface area contributed by atoms with E-state index >= 15 is 0 Å². The molecule has 0 spiro atoms. The molecule has 0 aromatic carbocycles. The molecule has 4 nitrogen and oxygen atoms in total. The third-order valence-electron chi connectivity index (χ3n) is 4.08. The van der Waals surface area contributed by atoms with E-state index in [1.165, 1.54) is 18.4 Å². The van der Waals surface area contributed by atoms with Crippen molar-refractivity contribution in [1.82, 2.24) is 9.88 Å². The summed E-state index contributed by atoms with van der Waals surface area (Å²) in [5.41, 5.74) is 7.14. The van der Waals surface area contributed by atoms with Crippen LogP contribution < -0.4 is 10.6 Å². The highest BCUT2D eigenvalue weighted by molar-refractivity contribution is 9.10. The summed E-state index contributed by atoms with van der Waals surface area (Å²) in [6.07, 6.45) is 4.30. The Morgan fingerprint density at radius 3 is 2.60 bits per heavy atom. The molecule has 1 aromatic heterocycles. The standard InChI is InChI=1S/C15H25BrN4/c1-3-4-13(10-17)19-5-7-20(8-6-19)15-9-12(2)14(16)11-18-15/h9,11,13H,3-8,10,17H2,1-2H3. The van der Waals surface area contributed by atoms with E-state index in [4.69, 9.17) is 5.73 Å². The molecule has 20 heavy (non-hydrogen) atoms. The van der Waals surface area contributed by atoms with Crippen molar-refractivity contribution < 1.29 is 0 Å². The largest absolute Gasteiger partial charge is 0.354 e. The van der Waals surface area contributed by atoms with E-state index < -0.39 is 0 Å². The van der Waals surface area contributed by atoms with Crippen LogP contribution in [0, 0.1) is 6.92 Å². The molecule has 0 radical (unpaired) electrons. The van der Waals surface area contributed by atoms with Gasteiger partial charge < -0.3 is 10.6 Å². The summed E-state index contributed by atoms with van der Waals surface area (Å²) in [5.74, 6) is 1.09. The van der Waals surface area contributed by atoms with Gasteiger partial charge in [0, 0.05) is 49.4 Å². The van der Waals surface area contributed by atoms with Crippen molar-refractivity contribution in [3.05, 3.63) is 22.3 Å². The highest BCUT2D eigenvalue weighted by atomic mass is 79.9. The van der Waals surface area contributed by atoms with Gasteiger partial charge >= 0.3 is 0 Å². The number of nitrogens with zero attached hydrogens (tertiary/aromatic N) is 3. The lowest BCUT2D eigenvalue weighted by atomic mass is 10.1. The first-order valence-corrected chi connectivity index (χ1v) is 8.26. The Bertz CT molecular complexity index is 430. The third-order valence-corrected chi connectivity index (χ3v) is 4.91. The molecule has 1 aliphatic heterocycles. The molecule has 1 aromatic rings. The number of nitrogens with two attached hydrogens (primary N) is 1. The van der Waals surface area contributed by atoms with Crippen molar-refractivity contribution in [2.24, 2.45) is 5.73 Å². The Kier molecular flexibility index (Phi) is 5.81. The Balaban J connectivity index is 1.95. The summed E-state index contributed by atoms with van der Waals surface area (Å²) in [4.78, 5) is 9.43. The summed E-state index contributed by atoms with van der Waals surface area (Å²) in [6.45, 7) is 9.34. The number of halogens is 1. The summed E-state index contributed by atoms with van der Waals surface area (Å²) in [6, 6.07) is 2.70. The van der Waals surface area contributed by atoms with E-state index in [0.29, 0.717) is 6.04 Å². The maximum Gasteiger partial charge on any atom is 0.128 e. The highest BCUT2D eigenvalue weighted by Gasteiger charge is 2.23. The molecule has 112 valence electrons. The molecule has 5 heteroatoms. The van der Waals surface area contributed by atoms with E-state index in [1.807, 2.05) is 6.20 Å². The number of anilines is 1. The molecular weight excluding hydrogens is 316 g/mol. The molecule has 1 atom stereocenters. The molecule has 1 saturated heterocycles. The summed E-state index contributed by atoms with van der Waals surface area (Å²) in [5, 5.41) is 0. The van der Waals surface area contributed by atoms with Gasteiger partial charge in [0.2, 0.25) is 0 Å². The second-order valence-electron chi connectivity index (χ2n) is 5.49. The van der Waals surface area contributed by atoms with Crippen LogP contribution in [0.15, 0.2) is 16.7 Å². The van der Waals surface area contributed by atoms with Crippen LogP contribution in [-0.4, -0.2) is 48.6 Å². The van der Waals surface area contributed by atoms with Crippen LogP contribution in [0.2, 0.25) is 0 Å². The van der Waals surface area contributed by atoms with Crippen molar-refractivity contribution in [2.45, 2.75) is 32.7 Å². The SMILES string of the molecule is CCCC(CN)N1CCN(c2cc(C)c(Br)cn2)CC1. The van der Waals surface area contributed by atoms with Gasteiger partial charge in [-0.3, -0.25) is 4.90 Å². The molecule has 1 aliphatic rings. The lowest BCUT2D eigenvalue weighted by Gasteiger charge is -2.39. The van der Waals surface area contributed by atoms with E-state index in [2.05, 4.69) is 50.6 Å². The van der Waals surface area contributed by atoms with Crippen LogP contribution in [0.1, 0.15) is 25.3 Å². The number of hydrogen-bond acceptors (Lipinski definition) is 4. The second kappa shape index (κ2) is 7.38. The van der Waals surface area contributed by atoms with Crippen LogP contribution in [0.5, 0.6) is 0 Å².